The second-order valence-corrected chi connectivity index (χ2v) is 14.0. The monoisotopic (exact) mass is 718 g/mol. The third-order valence-corrected chi connectivity index (χ3v) is 10.8. The molecule has 53 heavy (non-hydrogen) atoms. The van der Waals surface area contributed by atoms with Gasteiger partial charge in [0.05, 0.1) is 22.2 Å². The van der Waals surface area contributed by atoms with E-state index in [0.717, 1.165) is 19.4 Å². The van der Waals surface area contributed by atoms with Crippen LogP contribution in [0.3, 0.4) is 0 Å². The van der Waals surface area contributed by atoms with E-state index in [1.807, 2.05) is 11.9 Å². The number of rotatable bonds is 8. The molecule has 270 valence electrons. The van der Waals surface area contributed by atoms with Gasteiger partial charge in [0.25, 0.3) is 0 Å². The van der Waals surface area contributed by atoms with Gasteiger partial charge in [-0.3, -0.25) is 14.7 Å². The Balaban J connectivity index is 1.16. The van der Waals surface area contributed by atoms with E-state index < -0.39 is 23.3 Å². The standard InChI is InChI=1S/C40H37F3N8O2/c1-4-29-32(42)11-9-25-7-5-8-30(34(25)29)36-35(43)37-31(20-45-36)38(48-39(47-37)53-23-40-15-6-17-51(40)21-26(41)19-40)49(3)28-14-18-50(22-28)33(52)12-10-27-13-16-44-24(2)46-27/h1,5,7-13,16,20,26,28H,6,14-15,17-19,21-23H2,2-3H3/t26-,28-,40+/m1/s1. The average Bonchev–Trinajstić information content (AvgIpc) is 3.88. The number of pyridine rings is 1. The minimum absolute atomic E-state index is 0.0111. The van der Waals surface area contributed by atoms with E-state index in [-0.39, 0.29) is 41.3 Å². The predicted octanol–water partition coefficient (Wildman–Crippen LogP) is 5.91. The van der Waals surface area contributed by atoms with Crippen molar-refractivity contribution < 1.29 is 22.7 Å². The first-order valence-corrected chi connectivity index (χ1v) is 17.7. The smallest absolute Gasteiger partial charge is 0.319 e. The predicted molar refractivity (Wildman–Crippen MR) is 196 cm³/mol. The van der Waals surface area contributed by atoms with Gasteiger partial charge in [-0.1, -0.05) is 30.2 Å². The Labute approximate surface area is 304 Å². The van der Waals surface area contributed by atoms with Crippen LogP contribution in [-0.2, 0) is 4.79 Å². The number of alkyl halides is 1. The number of nitrogens with zero attached hydrogens (tertiary/aromatic N) is 8. The summed E-state index contributed by atoms with van der Waals surface area (Å²) in [6.07, 6.45) is 13.8. The summed E-state index contributed by atoms with van der Waals surface area (Å²) in [7, 11) is 1.84. The maximum atomic E-state index is 16.9. The molecule has 0 unspecified atom stereocenters. The zero-order valence-electron chi connectivity index (χ0n) is 29.4. The van der Waals surface area contributed by atoms with Gasteiger partial charge >= 0.3 is 6.01 Å². The second kappa shape index (κ2) is 13.7. The fourth-order valence-corrected chi connectivity index (χ4v) is 8.14. The molecule has 3 aromatic heterocycles. The summed E-state index contributed by atoms with van der Waals surface area (Å²) in [5.41, 5.74) is 0.398. The molecule has 0 aliphatic carbocycles. The van der Waals surface area contributed by atoms with Crippen molar-refractivity contribution in [3.05, 3.63) is 83.6 Å². The summed E-state index contributed by atoms with van der Waals surface area (Å²) in [4.78, 5) is 41.3. The van der Waals surface area contributed by atoms with Crippen LogP contribution in [-0.4, -0.2) is 98.2 Å². The van der Waals surface area contributed by atoms with Crippen molar-refractivity contribution in [2.75, 3.05) is 44.7 Å². The van der Waals surface area contributed by atoms with Crippen molar-refractivity contribution in [3.8, 4) is 29.6 Å². The molecular formula is C40H37F3N8O2. The number of likely N-dealkylation sites (tertiary alicyclic amines) is 1. The molecule has 0 bridgehead atoms. The van der Waals surface area contributed by atoms with E-state index >= 15 is 4.39 Å². The number of hydrogen-bond acceptors (Lipinski definition) is 9. The van der Waals surface area contributed by atoms with Gasteiger partial charge in [0.1, 0.15) is 41.4 Å². The Morgan fingerprint density at radius 2 is 2.00 bits per heavy atom. The zero-order valence-corrected chi connectivity index (χ0v) is 29.4. The largest absolute Gasteiger partial charge is 0.461 e. The highest BCUT2D eigenvalue weighted by Crippen LogP contribution is 2.41. The number of terminal acetylenes is 1. The number of hydrogen-bond donors (Lipinski definition) is 0. The fourth-order valence-electron chi connectivity index (χ4n) is 8.14. The summed E-state index contributed by atoms with van der Waals surface area (Å²) in [6, 6.07) is 9.54. The van der Waals surface area contributed by atoms with Gasteiger partial charge in [0.2, 0.25) is 5.91 Å². The number of aromatic nitrogens is 5. The lowest BCUT2D eigenvalue weighted by molar-refractivity contribution is -0.124. The lowest BCUT2D eigenvalue weighted by atomic mass is 9.95. The summed E-state index contributed by atoms with van der Waals surface area (Å²) >= 11 is 0. The van der Waals surface area contributed by atoms with Crippen molar-refractivity contribution in [1.82, 2.24) is 34.7 Å². The van der Waals surface area contributed by atoms with Gasteiger partial charge in [-0.2, -0.15) is 9.97 Å². The number of benzene rings is 2. The van der Waals surface area contributed by atoms with Crippen LogP contribution >= 0.6 is 0 Å². The van der Waals surface area contributed by atoms with Crippen molar-refractivity contribution in [2.45, 2.75) is 50.4 Å². The number of fused-ring (bicyclic) bond motifs is 3. The van der Waals surface area contributed by atoms with Crippen LogP contribution in [0.2, 0.25) is 0 Å². The molecular weight excluding hydrogens is 681 g/mol. The molecule has 3 atom stereocenters. The van der Waals surface area contributed by atoms with Crippen LogP contribution in [0.4, 0.5) is 19.0 Å². The number of ether oxygens (including phenoxy) is 1. The Hall–Kier alpha value is -5.61. The number of amides is 1. The number of anilines is 1. The Morgan fingerprint density at radius 3 is 2.83 bits per heavy atom. The van der Waals surface area contributed by atoms with E-state index in [0.29, 0.717) is 71.5 Å². The summed E-state index contributed by atoms with van der Waals surface area (Å²) in [6.45, 7) is 3.98. The highest BCUT2D eigenvalue weighted by Gasteiger charge is 2.49. The highest BCUT2D eigenvalue weighted by molar-refractivity contribution is 6.02. The van der Waals surface area contributed by atoms with Gasteiger partial charge in [-0.05, 0) is 56.3 Å². The van der Waals surface area contributed by atoms with Gasteiger partial charge in [-0.15, -0.1) is 6.42 Å². The van der Waals surface area contributed by atoms with Crippen LogP contribution in [0.1, 0.15) is 42.8 Å². The van der Waals surface area contributed by atoms with Crippen LogP contribution in [0.5, 0.6) is 6.01 Å². The van der Waals surface area contributed by atoms with Crippen LogP contribution < -0.4 is 9.64 Å². The molecule has 8 rings (SSSR count). The lowest BCUT2D eigenvalue weighted by Crippen LogP contribution is -2.43. The number of likely N-dealkylation sites (N-methyl/N-ethyl adjacent to an activating group) is 1. The topological polar surface area (TPSA) is 100 Å². The number of carbonyl (C=O) groups is 1. The molecule has 3 aliphatic heterocycles. The molecule has 0 radical (unpaired) electrons. The van der Waals surface area contributed by atoms with Gasteiger partial charge in [-0.25, -0.2) is 23.1 Å². The molecule has 6 heterocycles. The van der Waals surface area contributed by atoms with E-state index in [9.17, 15) is 13.6 Å². The molecule has 3 aliphatic rings. The molecule has 10 nitrogen and oxygen atoms in total. The molecule has 0 saturated carbocycles. The second-order valence-electron chi connectivity index (χ2n) is 14.0. The quantitative estimate of drug-likeness (QED) is 0.143. The molecule has 0 N–H and O–H groups in total. The molecule has 0 spiro atoms. The number of aryl methyl sites for hydroxylation is 1. The first kappa shape index (κ1) is 34.5. The summed E-state index contributed by atoms with van der Waals surface area (Å²) in [5.74, 6) is 1.90. The van der Waals surface area contributed by atoms with Crippen molar-refractivity contribution >= 4 is 39.5 Å². The maximum absolute atomic E-state index is 16.9. The normalized spacial score (nSPS) is 21.5. The molecule has 2 aromatic carbocycles. The van der Waals surface area contributed by atoms with Crippen LogP contribution in [0.15, 0.2) is 54.9 Å². The minimum atomic E-state index is -0.949. The molecule has 3 fully saturated rings. The van der Waals surface area contributed by atoms with E-state index in [1.165, 1.54) is 18.3 Å². The highest BCUT2D eigenvalue weighted by atomic mass is 19.1. The van der Waals surface area contributed by atoms with Crippen LogP contribution in [0.25, 0.3) is 39.0 Å². The summed E-state index contributed by atoms with van der Waals surface area (Å²) < 4.78 is 52.7. The molecule has 13 heteroatoms. The Bertz CT molecular complexity index is 2330. The number of halogens is 3. The molecule has 1 amide bonds. The number of carbonyl (C=O) groups excluding carboxylic acids is 1. The van der Waals surface area contributed by atoms with Gasteiger partial charge < -0.3 is 14.5 Å². The van der Waals surface area contributed by atoms with Crippen molar-refractivity contribution in [3.63, 3.8) is 0 Å². The van der Waals surface area contributed by atoms with Crippen molar-refractivity contribution in [1.29, 1.82) is 0 Å². The Morgan fingerprint density at radius 1 is 1.13 bits per heavy atom. The lowest BCUT2D eigenvalue weighted by Gasteiger charge is -2.31. The van der Waals surface area contributed by atoms with Crippen molar-refractivity contribution in [2.24, 2.45) is 0 Å². The van der Waals surface area contributed by atoms with Crippen LogP contribution in [0, 0.1) is 30.9 Å². The first-order valence-electron chi connectivity index (χ1n) is 17.7. The zero-order chi connectivity index (χ0) is 36.9. The van der Waals surface area contributed by atoms with E-state index in [1.54, 1.807) is 54.4 Å². The maximum Gasteiger partial charge on any atom is 0.319 e. The fraction of sp³-hybridized carbons (Fsp3) is 0.350. The summed E-state index contributed by atoms with van der Waals surface area (Å²) in [5, 5.41) is 1.33. The third kappa shape index (κ3) is 6.31. The van der Waals surface area contributed by atoms with Gasteiger partial charge in [0, 0.05) is 68.6 Å². The Kier molecular flexibility index (Phi) is 8.94. The molecule has 3 saturated heterocycles. The van der Waals surface area contributed by atoms with E-state index in [2.05, 4.69) is 30.8 Å². The average molecular weight is 719 g/mol. The van der Waals surface area contributed by atoms with E-state index in [4.69, 9.17) is 16.1 Å². The third-order valence-electron chi connectivity index (χ3n) is 10.8. The molecule has 5 aromatic rings. The minimum Gasteiger partial charge on any atom is -0.461 e. The van der Waals surface area contributed by atoms with Gasteiger partial charge in [0.15, 0.2) is 5.82 Å². The first-order chi connectivity index (χ1) is 25.6. The SMILES string of the molecule is C#Cc1c(F)ccc2cccc(-c3ncc4c(N(C)[C@@H]5CCN(C(=O)C=Cc6ccnc(C)n6)C5)nc(OC[C@@]56CCCN5C[C@H](F)C6)nc4c3F)c12.